The zero-order valence-corrected chi connectivity index (χ0v) is 7.77. The van der Waals surface area contributed by atoms with Gasteiger partial charge in [0, 0.05) is 0 Å². The van der Waals surface area contributed by atoms with E-state index in [9.17, 15) is 0 Å². The summed E-state index contributed by atoms with van der Waals surface area (Å²) in [5.41, 5.74) is 1.37. The third-order valence-electron chi connectivity index (χ3n) is 1.25. The van der Waals surface area contributed by atoms with Gasteiger partial charge in [0.1, 0.15) is 0 Å². The van der Waals surface area contributed by atoms with Crippen LogP contribution in [0.25, 0.3) is 0 Å². The lowest BCUT2D eigenvalue weighted by molar-refractivity contribution is 1.52. The van der Waals surface area contributed by atoms with Gasteiger partial charge in [0.2, 0.25) is 0 Å². The molecule has 0 bridgehead atoms. The summed E-state index contributed by atoms with van der Waals surface area (Å²) in [6, 6.07) is 8.40. The van der Waals surface area contributed by atoms with Gasteiger partial charge in [-0.25, -0.2) is 0 Å². The molecule has 0 aliphatic heterocycles. The molecule has 1 rings (SSSR count). The summed E-state index contributed by atoms with van der Waals surface area (Å²) in [6.45, 7) is 2.13. The Labute approximate surface area is 65.2 Å². The van der Waals surface area contributed by atoms with E-state index in [1.807, 2.05) is 0 Å². The van der Waals surface area contributed by atoms with Crippen molar-refractivity contribution in [2.75, 3.05) is 0 Å². The normalized spacial score (nSPS) is 10.9. The zero-order valence-electron chi connectivity index (χ0n) is 5.19. The molecule has 0 N–H and O–H groups in total. The van der Waals surface area contributed by atoms with Gasteiger partial charge in [-0.2, -0.15) is 0 Å². The Hall–Kier alpha value is 0.130. The molecule has 0 spiro atoms. The van der Waals surface area contributed by atoms with Crippen molar-refractivity contribution in [1.82, 2.24) is 0 Å². The predicted octanol–water partition coefficient (Wildman–Crippen LogP) is 2.61. The lowest BCUT2D eigenvalue weighted by Crippen LogP contribution is -1.94. The number of aryl methyl sites for hydroxylation is 1. The van der Waals surface area contributed by atoms with Crippen LogP contribution >= 0.6 is 22.8 Å². The molecule has 1 unspecified atom stereocenters. The number of benzene rings is 1. The number of hydrogen-bond acceptors (Lipinski definition) is 0. The second kappa shape index (κ2) is 3.34. The highest BCUT2D eigenvalue weighted by Gasteiger charge is 1.90. The summed E-state index contributed by atoms with van der Waals surface area (Å²) >= 11 is 3.44. The van der Waals surface area contributed by atoms with E-state index in [-0.39, 0.29) is 0 Å². The van der Waals surface area contributed by atoms with Crippen molar-refractivity contribution in [1.29, 1.82) is 0 Å². The first kappa shape index (κ1) is 7.24. The van der Waals surface area contributed by atoms with Crippen LogP contribution < -0.4 is 5.30 Å². The first-order valence-electron chi connectivity index (χ1n) is 2.77. The van der Waals surface area contributed by atoms with Crippen molar-refractivity contribution in [3.63, 3.8) is 0 Å². The molecule has 9 heavy (non-hydrogen) atoms. The fraction of sp³-hybridized carbons (Fsp3) is 0.143. The van der Waals surface area contributed by atoms with Crippen molar-refractivity contribution in [3.05, 3.63) is 29.8 Å². The van der Waals surface area contributed by atoms with E-state index >= 15 is 0 Å². The summed E-state index contributed by atoms with van der Waals surface area (Å²) < 4.78 is 0. The van der Waals surface area contributed by atoms with Crippen LogP contribution in [-0.2, 0) is 0 Å². The van der Waals surface area contributed by atoms with Crippen LogP contribution in [0.4, 0.5) is 0 Å². The quantitative estimate of drug-likeness (QED) is 0.615. The molecular formula is C7H8BrP. The molecule has 0 nitrogen and oxygen atoms in total. The van der Waals surface area contributed by atoms with Gasteiger partial charge in [-0.1, -0.05) is 39.8 Å². The van der Waals surface area contributed by atoms with Crippen LogP contribution in [0, 0.1) is 6.92 Å². The second-order valence-electron chi connectivity index (χ2n) is 1.91. The molecule has 0 amide bonds. The molecule has 0 heterocycles. The standard InChI is InChI=1S/C7H8BrP/c1-6-4-2-3-5-7(6)9-8/h2-5,9H,1H3. The molecule has 1 atom stereocenters. The maximum absolute atomic E-state index is 3.44. The Morgan fingerprint density at radius 3 is 2.44 bits per heavy atom. The number of halogens is 1. The van der Waals surface area contributed by atoms with E-state index in [2.05, 4.69) is 46.7 Å². The van der Waals surface area contributed by atoms with Gasteiger partial charge in [0.15, 0.2) is 0 Å². The van der Waals surface area contributed by atoms with Gasteiger partial charge >= 0.3 is 0 Å². The van der Waals surface area contributed by atoms with Crippen molar-refractivity contribution in [2.24, 2.45) is 0 Å². The first-order valence-corrected chi connectivity index (χ1v) is 6.02. The zero-order chi connectivity index (χ0) is 6.69. The molecular weight excluding hydrogens is 195 g/mol. The van der Waals surface area contributed by atoms with Crippen molar-refractivity contribution < 1.29 is 0 Å². The van der Waals surface area contributed by atoms with Gasteiger partial charge in [0.25, 0.3) is 0 Å². The van der Waals surface area contributed by atoms with E-state index < -0.39 is 0 Å². The van der Waals surface area contributed by atoms with Crippen LogP contribution in [0.5, 0.6) is 0 Å². The predicted molar refractivity (Wildman–Crippen MR) is 48.1 cm³/mol. The Bertz CT molecular complexity index is 198. The van der Waals surface area contributed by atoms with Gasteiger partial charge < -0.3 is 0 Å². The topological polar surface area (TPSA) is 0 Å². The first-order chi connectivity index (χ1) is 4.34. The SMILES string of the molecule is Cc1ccccc1PBr. The molecule has 0 aliphatic carbocycles. The fourth-order valence-electron chi connectivity index (χ4n) is 0.679. The molecule has 0 aliphatic rings. The van der Waals surface area contributed by atoms with Crippen molar-refractivity contribution in [2.45, 2.75) is 6.92 Å². The Kier molecular flexibility index (Phi) is 2.68. The molecule has 0 aromatic heterocycles. The van der Waals surface area contributed by atoms with Gasteiger partial charge in [-0.05, 0) is 25.1 Å². The van der Waals surface area contributed by atoms with Gasteiger partial charge in [0.05, 0.1) is 0 Å². The molecule has 0 radical (unpaired) electrons. The molecule has 0 saturated heterocycles. The molecule has 48 valence electrons. The number of hydrogen-bond donors (Lipinski definition) is 0. The minimum absolute atomic E-state index is 0.741. The van der Waals surface area contributed by atoms with E-state index in [0.717, 1.165) is 7.28 Å². The lowest BCUT2D eigenvalue weighted by Gasteiger charge is -1.97. The summed E-state index contributed by atoms with van der Waals surface area (Å²) in [7, 11) is 0.741. The second-order valence-corrected chi connectivity index (χ2v) is 3.83. The van der Waals surface area contributed by atoms with Crippen LogP contribution in [0.2, 0.25) is 0 Å². The van der Waals surface area contributed by atoms with Crippen LogP contribution in [0.3, 0.4) is 0 Å². The van der Waals surface area contributed by atoms with E-state index in [1.54, 1.807) is 0 Å². The minimum Gasteiger partial charge on any atom is -0.0620 e. The molecule has 0 saturated carbocycles. The summed E-state index contributed by atoms with van der Waals surface area (Å²) in [5, 5.41) is 1.40. The van der Waals surface area contributed by atoms with E-state index in [0.29, 0.717) is 0 Å². The lowest BCUT2D eigenvalue weighted by atomic mass is 10.2. The van der Waals surface area contributed by atoms with Crippen LogP contribution in [0.15, 0.2) is 24.3 Å². The molecule has 1 aromatic rings. The maximum atomic E-state index is 3.44. The largest absolute Gasteiger partial charge is 0.0620 e. The third kappa shape index (κ3) is 1.77. The van der Waals surface area contributed by atoms with E-state index in [4.69, 9.17) is 0 Å². The fourth-order valence-corrected chi connectivity index (χ4v) is 2.41. The molecule has 2 heteroatoms. The summed E-state index contributed by atoms with van der Waals surface area (Å²) in [6.07, 6.45) is 0. The molecule has 1 aromatic carbocycles. The minimum atomic E-state index is 0.741. The number of rotatable bonds is 1. The Balaban J connectivity index is 3.01. The highest BCUT2D eigenvalue weighted by molar-refractivity contribution is 9.37. The van der Waals surface area contributed by atoms with Gasteiger partial charge in [-0.15, -0.1) is 0 Å². The highest BCUT2D eigenvalue weighted by Crippen LogP contribution is 2.20. The average Bonchev–Trinajstić information content (AvgIpc) is 1.89. The molecule has 0 fully saturated rings. The Morgan fingerprint density at radius 2 is 2.00 bits per heavy atom. The van der Waals surface area contributed by atoms with Gasteiger partial charge in [-0.3, -0.25) is 0 Å². The smallest absolute Gasteiger partial charge is 0.0132 e. The summed E-state index contributed by atoms with van der Waals surface area (Å²) in [4.78, 5) is 0. The summed E-state index contributed by atoms with van der Waals surface area (Å²) in [5.74, 6) is 0. The maximum Gasteiger partial charge on any atom is -0.0132 e. The third-order valence-corrected chi connectivity index (χ3v) is 3.29. The van der Waals surface area contributed by atoms with Crippen molar-refractivity contribution >= 4 is 28.1 Å². The van der Waals surface area contributed by atoms with E-state index in [1.165, 1.54) is 10.9 Å². The van der Waals surface area contributed by atoms with Crippen LogP contribution in [-0.4, -0.2) is 0 Å². The Morgan fingerprint density at radius 1 is 1.33 bits per heavy atom. The van der Waals surface area contributed by atoms with Crippen LogP contribution in [0.1, 0.15) is 5.56 Å². The highest BCUT2D eigenvalue weighted by atomic mass is 79.9. The monoisotopic (exact) mass is 202 g/mol. The van der Waals surface area contributed by atoms with Crippen molar-refractivity contribution in [3.8, 4) is 0 Å². The average molecular weight is 203 g/mol.